The van der Waals surface area contributed by atoms with Crippen LogP contribution in [0.4, 0.5) is 0 Å². The maximum atomic E-state index is 8.41. The molecule has 0 amide bonds. The van der Waals surface area contributed by atoms with Gasteiger partial charge in [0.15, 0.2) is 0 Å². The number of nitriles is 1. The SMILES string of the molecule is Cc1cccc(/C(N)=C/C#N)c1Cl. The highest BCUT2D eigenvalue weighted by atomic mass is 35.5. The summed E-state index contributed by atoms with van der Waals surface area (Å²) in [5.74, 6) is 0. The normalized spacial score (nSPS) is 11.0. The van der Waals surface area contributed by atoms with Gasteiger partial charge >= 0.3 is 0 Å². The number of hydrogen-bond donors (Lipinski definition) is 1. The smallest absolute Gasteiger partial charge is 0.0933 e. The van der Waals surface area contributed by atoms with Crippen molar-refractivity contribution in [2.45, 2.75) is 6.92 Å². The van der Waals surface area contributed by atoms with Crippen molar-refractivity contribution >= 4 is 17.3 Å². The molecule has 0 heterocycles. The molecule has 0 saturated heterocycles. The quantitative estimate of drug-likeness (QED) is 0.695. The standard InChI is InChI=1S/C10H9ClN2/c1-7-3-2-4-8(10(7)11)9(13)5-6-12/h2-5H,13H2,1H3/b9-5-. The first-order valence-electron chi connectivity index (χ1n) is 3.77. The van der Waals surface area contributed by atoms with E-state index in [1.54, 1.807) is 6.07 Å². The number of rotatable bonds is 1. The van der Waals surface area contributed by atoms with Crippen molar-refractivity contribution in [2.75, 3.05) is 0 Å². The van der Waals surface area contributed by atoms with Crippen LogP contribution in [-0.2, 0) is 0 Å². The molecule has 0 atom stereocenters. The van der Waals surface area contributed by atoms with Crippen LogP contribution in [-0.4, -0.2) is 0 Å². The molecule has 1 aromatic carbocycles. The van der Waals surface area contributed by atoms with Gasteiger partial charge in [-0.2, -0.15) is 5.26 Å². The van der Waals surface area contributed by atoms with Gasteiger partial charge in [-0.15, -0.1) is 0 Å². The van der Waals surface area contributed by atoms with E-state index in [0.29, 0.717) is 16.3 Å². The molecular weight excluding hydrogens is 184 g/mol. The van der Waals surface area contributed by atoms with Crippen LogP contribution in [0.1, 0.15) is 11.1 Å². The molecule has 0 radical (unpaired) electrons. The number of halogens is 1. The highest BCUT2D eigenvalue weighted by molar-refractivity contribution is 6.33. The zero-order valence-electron chi connectivity index (χ0n) is 7.21. The molecule has 0 aliphatic heterocycles. The van der Waals surface area contributed by atoms with Gasteiger partial charge in [-0.3, -0.25) is 0 Å². The van der Waals surface area contributed by atoms with Crippen molar-refractivity contribution in [1.82, 2.24) is 0 Å². The number of benzene rings is 1. The number of hydrogen-bond acceptors (Lipinski definition) is 2. The average molecular weight is 193 g/mol. The topological polar surface area (TPSA) is 49.8 Å². The van der Waals surface area contributed by atoms with Crippen LogP contribution in [0.2, 0.25) is 5.02 Å². The van der Waals surface area contributed by atoms with E-state index in [9.17, 15) is 0 Å². The minimum atomic E-state index is 0.399. The van der Waals surface area contributed by atoms with Gasteiger partial charge in [0.25, 0.3) is 0 Å². The lowest BCUT2D eigenvalue weighted by atomic mass is 10.1. The molecule has 13 heavy (non-hydrogen) atoms. The molecular formula is C10H9ClN2. The van der Waals surface area contributed by atoms with Gasteiger partial charge in [0.2, 0.25) is 0 Å². The molecule has 1 rings (SSSR count). The molecule has 0 aromatic heterocycles. The highest BCUT2D eigenvalue weighted by Crippen LogP contribution is 2.23. The van der Waals surface area contributed by atoms with Crippen LogP contribution in [0.15, 0.2) is 24.3 Å². The van der Waals surface area contributed by atoms with Gasteiger partial charge < -0.3 is 5.73 Å². The molecule has 2 N–H and O–H groups in total. The predicted octanol–water partition coefficient (Wildman–Crippen LogP) is 2.47. The molecule has 3 heteroatoms. The lowest BCUT2D eigenvalue weighted by molar-refractivity contribution is 1.42. The Hall–Kier alpha value is -1.46. The molecule has 2 nitrogen and oxygen atoms in total. The summed E-state index contributed by atoms with van der Waals surface area (Å²) in [6.45, 7) is 1.89. The van der Waals surface area contributed by atoms with Gasteiger partial charge in [0.1, 0.15) is 0 Å². The summed E-state index contributed by atoms with van der Waals surface area (Å²) in [5, 5.41) is 9.01. The van der Waals surface area contributed by atoms with Crippen molar-refractivity contribution in [3.05, 3.63) is 40.4 Å². The summed E-state index contributed by atoms with van der Waals surface area (Å²) >= 11 is 5.99. The third-order valence-corrected chi connectivity index (χ3v) is 2.22. The minimum absolute atomic E-state index is 0.399. The van der Waals surface area contributed by atoms with Crippen LogP contribution in [0, 0.1) is 18.3 Å². The fourth-order valence-corrected chi connectivity index (χ4v) is 1.25. The van der Waals surface area contributed by atoms with E-state index in [-0.39, 0.29) is 0 Å². The van der Waals surface area contributed by atoms with Gasteiger partial charge in [-0.1, -0.05) is 29.8 Å². The van der Waals surface area contributed by atoms with E-state index in [2.05, 4.69) is 0 Å². The minimum Gasteiger partial charge on any atom is -0.398 e. The fourth-order valence-electron chi connectivity index (χ4n) is 1.02. The van der Waals surface area contributed by atoms with Gasteiger partial charge in [0.05, 0.1) is 16.8 Å². The molecule has 1 aromatic rings. The molecule has 0 aliphatic carbocycles. The lowest BCUT2D eigenvalue weighted by Gasteiger charge is -2.05. The molecule has 0 saturated carbocycles. The second-order valence-corrected chi connectivity index (χ2v) is 3.04. The van der Waals surface area contributed by atoms with Crippen molar-refractivity contribution < 1.29 is 0 Å². The summed E-state index contributed by atoms with van der Waals surface area (Å²) in [5.41, 5.74) is 7.69. The van der Waals surface area contributed by atoms with E-state index in [0.717, 1.165) is 5.56 Å². The number of nitrogens with zero attached hydrogens (tertiary/aromatic N) is 1. The summed E-state index contributed by atoms with van der Waals surface area (Å²) in [4.78, 5) is 0. The van der Waals surface area contributed by atoms with Crippen LogP contribution >= 0.6 is 11.6 Å². The summed E-state index contributed by atoms with van der Waals surface area (Å²) in [6.07, 6.45) is 1.28. The zero-order valence-corrected chi connectivity index (χ0v) is 7.97. The third kappa shape index (κ3) is 2.01. The Morgan fingerprint density at radius 1 is 1.62 bits per heavy atom. The lowest BCUT2D eigenvalue weighted by Crippen LogP contribution is -1.97. The Morgan fingerprint density at radius 2 is 2.31 bits per heavy atom. The van der Waals surface area contributed by atoms with Crippen molar-refractivity contribution in [1.29, 1.82) is 5.26 Å². The molecule has 0 bridgehead atoms. The number of allylic oxidation sites excluding steroid dienone is 1. The molecule has 0 spiro atoms. The largest absolute Gasteiger partial charge is 0.398 e. The Morgan fingerprint density at radius 3 is 2.92 bits per heavy atom. The highest BCUT2D eigenvalue weighted by Gasteiger charge is 2.04. The fraction of sp³-hybridized carbons (Fsp3) is 0.100. The first kappa shape index (κ1) is 9.63. The molecule has 66 valence electrons. The number of nitrogens with two attached hydrogens (primary N) is 1. The van der Waals surface area contributed by atoms with Crippen molar-refractivity contribution in [2.24, 2.45) is 5.73 Å². The molecule has 0 aliphatic rings. The molecule has 0 unspecified atom stereocenters. The molecule has 0 fully saturated rings. The van der Waals surface area contributed by atoms with Crippen LogP contribution in [0.5, 0.6) is 0 Å². The van der Waals surface area contributed by atoms with Gasteiger partial charge in [0, 0.05) is 11.6 Å². The van der Waals surface area contributed by atoms with Crippen molar-refractivity contribution in [3.63, 3.8) is 0 Å². The first-order chi connectivity index (χ1) is 6.16. The Bertz CT molecular complexity index is 388. The van der Waals surface area contributed by atoms with Crippen LogP contribution in [0.25, 0.3) is 5.70 Å². The number of aryl methyl sites for hydroxylation is 1. The van der Waals surface area contributed by atoms with E-state index in [1.165, 1.54) is 6.08 Å². The van der Waals surface area contributed by atoms with E-state index in [4.69, 9.17) is 22.6 Å². The summed E-state index contributed by atoms with van der Waals surface area (Å²) in [6, 6.07) is 7.41. The monoisotopic (exact) mass is 192 g/mol. The van der Waals surface area contributed by atoms with Crippen molar-refractivity contribution in [3.8, 4) is 6.07 Å². The van der Waals surface area contributed by atoms with E-state index >= 15 is 0 Å². The Balaban J connectivity index is 3.25. The van der Waals surface area contributed by atoms with E-state index in [1.807, 2.05) is 25.1 Å². The summed E-state index contributed by atoms with van der Waals surface area (Å²) in [7, 11) is 0. The second-order valence-electron chi connectivity index (χ2n) is 2.67. The van der Waals surface area contributed by atoms with Crippen LogP contribution < -0.4 is 5.73 Å². The zero-order chi connectivity index (χ0) is 9.84. The summed E-state index contributed by atoms with van der Waals surface area (Å²) < 4.78 is 0. The predicted molar refractivity (Wildman–Crippen MR) is 54.0 cm³/mol. The second kappa shape index (κ2) is 3.97. The van der Waals surface area contributed by atoms with Gasteiger partial charge in [-0.05, 0) is 12.5 Å². The average Bonchev–Trinajstić information content (AvgIpc) is 2.10. The maximum absolute atomic E-state index is 8.41. The third-order valence-electron chi connectivity index (χ3n) is 1.72. The van der Waals surface area contributed by atoms with Gasteiger partial charge in [-0.25, -0.2) is 0 Å². The maximum Gasteiger partial charge on any atom is 0.0933 e. The first-order valence-corrected chi connectivity index (χ1v) is 4.15. The van der Waals surface area contributed by atoms with E-state index < -0.39 is 0 Å². The Labute approximate surface area is 82.2 Å². The Kier molecular flexibility index (Phi) is 2.94. The van der Waals surface area contributed by atoms with Crippen LogP contribution in [0.3, 0.4) is 0 Å².